The SMILES string of the molecule is CSCCCCNC1CCC(C(N)=O)CC1. The molecule has 0 saturated heterocycles. The van der Waals surface area contributed by atoms with Crippen molar-refractivity contribution >= 4 is 17.7 Å². The maximum absolute atomic E-state index is 11.0. The molecule has 94 valence electrons. The van der Waals surface area contributed by atoms with Crippen LogP contribution in [0.15, 0.2) is 0 Å². The molecule has 0 spiro atoms. The Hall–Kier alpha value is -0.220. The van der Waals surface area contributed by atoms with Gasteiger partial charge in [-0.15, -0.1) is 0 Å². The van der Waals surface area contributed by atoms with Crippen LogP contribution in [0, 0.1) is 5.92 Å². The number of rotatable bonds is 7. The number of unbranched alkanes of at least 4 members (excludes halogenated alkanes) is 1. The number of amides is 1. The number of carbonyl (C=O) groups is 1. The first-order valence-corrected chi connectivity index (χ1v) is 7.65. The first kappa shape index (κ1) is 13.8. The van der Waals surface area contributed by atoms with Gasteiger partial charge in [-0.1, -0.05) is 0 Å². The highest BCUT2D eigenvalue weighted by molar-refractivity contribution is 7.98. The second kappa shape index (κ2) is 7.96. The van der Waals surface area contributed by atoms with Crippen LogP contribution < -0.4 is 11.1 Å². The topological polar surface area (TPSA) is 55.1 Å². The van der Waals surface area contributed by atoms with E-state index in [1.54, 1.807) is 0 Å². The minimum atomic E-state index is -0.113. The fraction of sp³-hybridized carbons (Fsp3) is 0.917. The summed E-state index contributed by atoms with van der Waals surface area (Å²) >= 11 is 1.91. The second-order valence-electron chi connectivity index (χ2n) is 4.60. The molecule has 1 rings (SSSR count). The molecule has 1 aliphatic carbocycles. The van der Waals surface area contributed by atoms with Gasteiger partial charge in [-0.2, -0.15) is 11.8 Å². The van der Waals surface area contributed by atoms with Crippen molar-refractivity contribution in [2.24, 2.45) is 11.7 Å². The molecule has 3 N–H and O–H groups in total. The van der Waals surface area contributed by atoms with Gasteiger partial charge < -0.3 is 11.1 Å². The van der Waals surface area contributed by atoms with Gasteiger partial charge in [0.05, 0.1) is 0 Å². The average molecular weight is 244 g/mol. The number of hydrogen-bond acceptors (Lipinski definition) is 3. The molecule has 4 heteroatoms. The Morgan fingerprint density at radius 1 is 1.31 bits per heavy atom. The van der Waals surface area contributed by atoms with Crippen molar-refractivity contribution in [1.82, 2.24) is 5.32 Å². The monoisotopic (exact) mass is 244 g/mol. The van der Waals surface area contributed by atoms with E-state index in [2.05, 4.69) is 11.6 Å². The molecule has 0 aromatic carbocycles. The Kier molecular flexibility index (Phi) is 6.88. The lowest BCUT2D eigenvalue weighted by molar-refractivity contribution is -0.122. The van der Waals surface area contributed by atoms with Crippen LogP contribution in [-0.4, -0.2) is 30.5 Å². The Bertz CT molecular complexity index is 203. The van der Waals surface area contributed by atoms with E-state index in [-0.39, 0.29) is 11.8 Å². The Balaban J connectivity index is 2.02. The first-order chi connectivity index (χ1) is 7.74. The van der Waals surface area contributed by atoms with Gasteiger partial charge in [0.15, 0.2) is 0 Å². The minimum absolute atomic E-state index is 0.113. The van der Waals surface area contributed by atoms with E-state index in [4.69, 9.17) is 5.73 Å². The Morgan fingerprint density at radius 2 is 2.00 bits per heavy atom. The van der Waals surface area contributed by atoms with E-state index in [1.807, 2.05) is 11.8 Å². The van der Waals surface area contributed by atoms with Crippen molar-refractivity contribution in [3.63, 3.8) is 0 Å². The van der Waals surface area contributed by atoms with Crippen LogP contribution in [0.4, 0.5) is 0 Å². The maximum Gasteiger partial charge on any atom is 0.220 e. The Labute approximate surface area is 103 Å². The molecule has 1 fully saturated rings. The van der Waals surface area contributed by atoms with Crippen molar-refractivity contribution in [3.05, 3.63) is 0 Å². The number of nitrogens with two attached hydrogens (primary N) is 1. The van der Waals surface area contributed by atoms with Gasteiger partial charge in [0.1, 0.15) is 0 Å². The molecule has 0 unspecified atom stereocenters. The molecule has 16 heavy (non-hydrogen) atoms. The third-order valence-electron chi connectivity index (χ3n) is 3.34. The van der Waals surface area contributed by atoms with Gasteiger partial charge in [-0.3, -0.25) is 4.79 Å². The zero-order chi connectivity index (χ0) is 11.8. The van der Waals surface area contributed by atoms with Crippen LogP contribution in [0.25, 0.3) is 0 Å². The molecule has 1 amide bonds. The fourth-order valence-corrected chi connectivity index (χ4v) is 2.75. The molecule has 0 aromatic rings. The summed E-state index contributed by atoms with van der Waals surface area (Å²) in [5.41, 5.74) is 5.31. The summed E-state index contributed by atoms with van der Waals surface area (Å²) in [5.74, 6) is 1.28. The average Bonchev–Trinajstić information content (AvgIpc) is 2.29. The minimum Gasteiger partial charge on any atom is -0.369 e. The Morgan fingerprint density at radius 3 is 2.56 bits per heavy atom. The van der Waals surface area contributed by atoms with E-state index >= 15 is 0 Å². The third-order valence-corrected chi connectivity index (χ3v) is 4.03. The van der Waals surface area contributed by atoms with Crippen LogP contribution in [0.1, 0.15) is 38.5 Å². The number of nitrogens with one attached hydrogen (secondary N) is 1. The molecule has 0 bridgehead atoms. The number of carbonyl (C=O) groups excluding carboxylic acids is 1. The van der Waals surface area contributed by atoms with Gasteiger partial charge in [-0.05, 0) is 57.1 Å². The summed E-state index contributed by atoms with van der Waals surface area (Å²) < 4.78 is 0. The van der Waals surface area contributed by atoms with Gasteiger partial charge in [0.25, 0.3) is 0 Å². The highest BCUT2D eigenvalue weighted by Crippen LogP contribution is 2.23. The van der Waals surface area contributed by atoms with E-state index < -0.39 is 0 Å². The lowest BCUT2D eigenvalue weighted by Crippen LogP contribution is -2.37. The molecule has 0 aliphatic heterocycles. The largest absolute Gasteiger partial charge is 0.369 e. The summed E-state index contributed by atoms with van der Waals surface area (Å²) in [5, 5.41) is 3.58. The lowest BCUT2D eigenvalue weighted by atomic mass is 9.85. The van der Waals surface area contributed by atoms with E-state index in [9.17, 15) is 4.79 Å². The van der Waals surface area contributed by atoms with E-state index in [1.165, 1.54) is 18.6 Å². The number of hydrogen-bond donors (Lipinski definition) is 2. The van der Waals surface area contributed by atoms with Crippen molar-refractivity contribution in [2.75, 3.05) is 18.6 Å². The summed E-state index contributed by atoms with van der Waals surface area (Å²) in [7, 11) is 0. The quantitative estimate of drug-likeness (QED) is 0.671. The molecule has 1 aliphatic rings. The second-order valence-corrected chi connectivity index (χ2v) is 5.59. The molecule has 1 saturated carbocycles. The third kappa shape index (κ3) is 5.21. The lowest BCUT2D eigenvalue weighted by Gasteiger charge is -2.27. The van der Waals surface area contributed by atoms with Crippen LogP contribution in [0.5, 0.6) is 0 Å². The predicted molar refractivity (Wildman–Crippen MR) is 70.6 cm³/mol. The summed E-state index contributed by atoms with van der Waals surface area (Å²) in [6.07, 6.45) is 8.86. The molecular formula is C12H24N2OS. The summed E-state index contributed by atoms with van der Waals surface area (Å²) in [6.45, 7) is 1.12. The van der Waals surface area contributed by atoms with E-state index in [0.29, 0.717) is 6.04 Å². The highest BCUT2D eigenvalue weighted by atomic mass is 32.2. The smallest absolute Gasteiger partial charge is 0.220 e. The van der Waals surface area contributed by atoms with Crippen molar-refractivity contribution in [1.29, 1.82) is 0 Å². The van der Waals surface area contributed by atoms with Crippen LogP contribution in [0.2, 0.25) is 0 Å². The molecule has 0 radical (unpaired) electrons. The number of thioether (sulfide) groups is 1. The van der Waals surface area contributed by atoms with Crippen LogP contribution in [0.3, 0.4) is 0 Å². The summed E-state index contributed by atoms with van der Waals surface area (Å²) in [6, 6.07) is 0.616. The van der Waals surface area contributed by atoms with Crippen LogP contribution in [-0.2, 0) is 4.79 Å². The summed E-state index contributed by atoms with van der Waals surface area (Å²) in [4.78, 5) is 11.0. The van der Waals surface area contributed by atoms with Gasteiger partial charge in [-0.25, -0.2) is 0 Å². The standard InChI is InChI=1S/C12H24N2OS/c1-16-9-3-2-8-14-11-6-4-10(5-7-11)12(13)15/h10-11,14H,2-9H2,1H3,(H2,13,15). The van der Waals surface area contributed by atoms with Crippen molar-refractivity contribution < 1.29 is 4.79 Å². The zero-order valence-corrected chi connectivity index (χ0v) is 11.0. The van der Waals surface area contributed by atoms with Crippen LogP contribution >= 0.6 is 11.8 Å². The normalized spacial score (nSPS) is 25.6. The molecular weight excluding hydrogens is 220 g/mol. The molecule has 3 nitrogen and oxygen atoms in total. The van der Waals surface area contributed by atoms with Gasteiger partial charge in [0, 0.05) is 12.0 Å². The van der Waals surface area contributed by atoms with Gasteiger partial charge >= 0.3 is 0 Å². The fourth-order valence-electron chi connectivity index (χ4n) is 2.26. The van der Waals surface area contributed by atoms with Crippen molar-refractivity contribution in [2.45, 2.75) is 44.6 Å². The molecule has 0 heterocycles. The van der Waals surface area contributed by atoms with Crippen molar-refractivity contribution in [3.8, 4) is 0 Å². The predicted octanol–water partition coefficient (Wildman–Crippen LogP) is 1.76. The molecule has 0 aromatic heterocycles. The first-order valence-electron chi connectivity index (χ1n) is 6.25. The highest BCUT2D eigenvalue weighted by Gasteiger charge is 2.23. The number of primary amides is 1. The zero-order valence-electron chi connectivity index (χ0n) is 10.2. The molecule has 0 atom stereocenters. The van der Waals surface area contributed by atoms with E-state index in [0.717, 1.165) is 32.2 Å². The van der Waals surface area contributed by atoms with Gasteiger partial charge in [0.2, 0.25) is 5.91 Å². The maximum atomic E-state index is 11.0.